The SMILES string of the molecule is C=C(C(=O)Nc1ccc(F)c([C@@]2(C)CO[C@@](C)(C(F)(F)F)C(N)=N2)n1)/C(C)=C\C(C#N)=C/N. The molecule has 0 unspecified atom stereocenters. The summed E-state index contributed by atoms with van der Waals surface area (Å²) in [7, 11) is 0. The first-order chi connectivity index (χ1) is 15.2. The molecule has 0 radical (unpaired) electrons. The number of pyridine rings is 1. The number of carbonyl (C=O) groups is 1. The second-order valence-corrected chi connectivity index (χ2v) is 7.61. The Hall–Kier alpha value is -3.72. The lowest BCUT2D eigenvalue weighted by Crippen LogP contribution is -2.60. The third-order valence-corrected chi connectivity index (χ3v) is 5.07. The number of halogens is 4. The van der Waals surface area contributed by atoms with Crippen LogP contribution in [-0.4, -0.2) is 35.1 Å². The van der Waals surface area contributed by atoms with E-state index in [9.17, 15) is 22.4 Å². The minimum Gasteiger partial charge on any atom is -0.404 e. The standard InChI is InChI=1S/C21H22F4N6O2/c1-11(7-13(8-26)9-27)12(2)17(32)30-15-6-5-14(22)16(29-15)19(3)10-33-20(4,18(28)31-19)21(23,24)25/h5-8H,2,10,26H2,1,3-4H3,(H2,28,31)(H,29,30,32)/b11-7-,13-8+/t19-,20-/m1/s1. The van der Waals surface area contributed by atoms with Crippen molar-refractivity contribution in [3.8, 4) is 6.07 Å². The van der Waals surface area contributed by atoms with Crippen LogP contribution in [0.3, 0.4) is 0 Å². The molecule has 0 saturated heterocycles. The molecule has 2 atom stereocenters. The maximum Gasteiger partial charge on any atom is 0.424 e. The number of nitriles is 1. The van der Waals surface area contributed by atoms with Crippen LogP contribution < -0.4 is 16.8 Å². The molecule has 1 aliphatic rings. The molecule has 1 amide bonds. The molecule has 2 heterocycles. The lowest BCUT2D eigenvalue weighted by atomic mass is 9.93. The first kappa shape index (κ1) is 25.5. The van der Waals surface area contributed by atoms with Crippen molar-refractivity contribution in [2.75, 3.05) is 11.9 Å². The number of ether oxygens (including phenoxy) is 1. The van der Waals surface area contributed by atoms with Gasteiger partial charge in [-0.3, -0.25) is 9.79 Å². The van der Waals surface area contributed by atoms with Crippen molar-refractivity contribution in [3.05, 3.63) is 59.2 Å². The van der Waals surface area contributed by atoms with E-state index in [1.54, 1.807) is 0 Å². The van der Waals surface area contributed by atoms with Crippen LogP contribution in [0, 0.1) is 17.1 Å². The molecule has 0 fully saturated rings. The summed E-state index contributed by atoms with van der Waals surface area (Å²) in [5, 5.41) is 11.3. The van der Waals surface area contributed by atoms with Gasteiger partial charge in [-0.15, -0.1) is 0 Å². The number of allylic oxidation sites excluding steroid dienone is 2. The minimum atomic E-state index is -4.83. The molecular weight excluding hydrogens is 444 g/mol. The van der Waals surface area contributed by atoms with Crippen LogP contribution in [0.2, 0.25) is 0 Å². The van der Waals surface area contributed by atoms with Crippen molar-refractivity contribution >= 4 is 17.6 Å². The topological polar surface area (TPSA) is 139 Å². The molecule has 1 aromatic rings. The second-order valence-electron chi connectivity index (χ2n) is 7.61. The maximum absolute atomic E-state index is 14.6. The van der Waals surface area contributed by atoms with Gasteiger partial charge in [0.05, 0.1) is 12.2 Å². The first-order valence-electron chi connectivity index (χ1n) is 9.43. The van der Waals surface area contributed by atoms with Crippen LogP contribution in [0.25, 0.3) is 0 Å². The van der Waals surface area contributed by atoms with E-state index in [1.807, 2.05) is 6.07 Å². The van der Waals surface area contributed by atoms with E-state index in [4.69, 9.17) is 21.5 Å². The molecule has 33 heavy (non-hydrogen) atoms. The molecule has 12 heteroatoms. The molecule has 176 valence electrons. The molecule has 0 spiro atoms. The summed E-state index contributed by atoms with van der Waals surface area (Å²) in [6.45, 7) is 6.54. The highest BCUT2D eigenvalue weighted by Gasteiger charge is 2.59. The molecule has 1 aromatic heterocycles. The minimum absolute atomic E-state index is 0.0207. The van der Waals surface area contributed by atoms with Gasteiger partial charge in [0.15, 0.2) is 0 Å². The quantitative estimate of drug-likeness (QED) is 0.264. The van der Waals surface area contributed by atoms with Gasteiger partial charge in [0, 0.05) is 11.8 Å². The summed E-state index contributed by atoms with van der Waals surface area (Å²) >= 11 is 0. The zero-order chi connectivity index (χ0) is 25.2. The van der Waals surface area contributed by atoms with Crippen LogP contribution in [0.4, 0.5) is 23.4 Å². The summed E-state index contributed by atoms with van der Waals surface area (Å²) in [6.07, 6.45) is -2.42. The van der Waals surface area contributed by atoms with Crippen LogP contribution in [-0.2, 0) is 15.1 Å². The Balaban J connectivity index is 2.35. The zero-order valence-corrected chi connectivity index (χ0v) is 18.0. The Morgan fingerprint density at radius 3 is 2.55 bits per heavy atom. The van der Waals surface area contributed by atoms with Gasteiger partial charge in [0.2, 0.25) is 5.60 Å². The number of amidine groups is 1. The second kappa shape index (κ2) is 9.03. The first-order valence-corrected chi connectivity index (χ1v) is 9.43. The number of alkyl halides is 3. The van der Waals surface area contributed by atoms with Gasteiger partial charge in [-0.05, 0) is 44.6 Å². The average Bonchev–Trinajstić information content (AvgIpc) is 2.74. The summed E-state index contributed by atoms with van der Waals surface area (Å²) in [6, 6.07) is 3.96. The molecule has 1 aliphatic heterocycles. The molecule has 5 N–H and O–H groups in total. The lowest BCUT2D eigenvalue weighted by molar-refractivity contribution is -0.249. The Morgan fingerprint density at radius 1 is 1.39 bits per heavy atom. The fourth-order valence-corrected chi connectivity index (χ4v) is 2.81. The number of hydrogen-bond donors (Lipinski definition) is 3. The molecule has 8 nitrogen and oxygen atoms in total. The number of carbonyl (C=O) groups excluding carboxylic acids is 1. The zero-order valence-electron chi connectivity index (χ0n) is 18.0. The smallest absolute Gasteiger partial charge is 0.404 e. The van der Waals surface area contributed by atoms with Crippen LogP contribution in [0.1, 0.15) is 26.5 Å². The Morgan fingerprint density at radius 2 is 2.03 bits per heavy atom. The number of rotatable bonds is 5. The number of aromatic nitrogens is 1. The van der Waals surface area contributed by atoms with Crippen LogP contribution in [0.15, 0.2) is 52.7 Å². The van der Waals surface area contributed by atoms with E-state index in [0.29, 0.717) is 5.57 Å². The number of nitrogens with one attached hydrogen (secondary N) is 1. The largest absolute Gasteiger partial charge is 0.424 e. The van der Waals surface area contributed by atoms with Crippen molar-refractivity contribution in [2.24, 2.45) is 16.5 Å². The highest BCUT2D eigenvalue weighted by molar-refractivity contribution is 6.06. The van der Waals surface area contributed by atoms with E-state index >= 15 is 0 Å². The summed E-state index contributed by atoms with van der Waals surface area (Å²) in [4.78, 5) is 20.4. The van der Waals surface area contributed by atoms with E-state index < -0.39 is 41.5 Å². The Kier molecular flexibility index (Phi) is 6.99. The summed E-state index contributed by atoms with van der Waals surface area (Å²) in [5.41, 5.74) is 6.39. The highest BCUT2D eigenvalue weighted by atomic mass is 19.4. The Labute approximate surface area is 187 Å². The number of nitrogens with two attached hydrogens (primary N) is 2. The predicted octanol–water partition coefficient (Wildman–Crippen LogP) is 2.95. The normalized spacial score (nSPS) is 24.0. The number of anilines is 1. The van der Waals surface area contributed by atoms with Crippen molar-refractivity contribution in [2.45, 2.75) is 38.1 Å². The van der Waals surface area contributed by atoms with Gasteiger partial charge in [-0.2, -0.15) is 18.4 Å². The van der Waals surface area contributed by atoms with Gasteiger partial charge in [0.1, 0.15) is 34.8 Å². The predicted molar refractivity (Wildman–Crippen MR) is 113 cm³/mol. The van der Waals surface area contributed by atoms with E-state index in [2.05, 4.69) is 21.9 Å². The number of nitrogens with zero attached hydrogens (tertiary/aromatic N) is 3. The van der Waals surface area contributed by atoms with Crippen molar-refractivity contribution in [3.63, 3.8) is 0 Å². The molecular formula is C21H22F4N6O2. The average molecular weight is 466 g/mol. The van der Waals surface area contributed by atoms with Gasteiger partial charge in [0.25, 0.3) is 5.91 Å². The third-order valence-electron chi connectivity index (χ3n) is 5.07. The van der Waals surface area contributed by atoms with E-state index in [1.165, 1.54) is 19.9 Å². The van der Waals surface area contributed by atoms with Crippen LogP contribution >= 0.6 is 0 Å². The monoisotopic (exact) mass is 466 g/mol. The fourth-order valence-electron chi connectivity index (χ4n) is 2.81. The summed E-state index contributed by atoms with van der Waals surface area (Å²) < 4.78 is 59.5. The van der Waals surface area contributed by atoms with Crippen molar-refractivity contribution < 1.29 is 27.1 Å². The van der Waals surface area contributed by atoms with E-state index in [-0.39, 0.29) is 22.7 Å². The number of aliphatic imine (C=N–C) groups is 1. The van der Waals surface area contributed by atoms with E-state index in [0.717, 1.165) is 25.3 Å². The molecule has 0 aromatic carbocycles. The van der Waals surface area contributed by atoms with Gasteiger partial charge in [-0.1, -0.05) is 6.58 Å². The van der Waals surface area contributed by atoms with Crippen LogP contribution in [0.5, 0.6) is 0 Å². The number of hydrogen-bond acceptors (Lipinski definition) is 7. The summed E-state index contributed by atoms with van der Waals surface area (Å²) in [5.74, 6) is -2.58. The Bertz CT molecular complexity index is 1120. The van der Waals surface area contributed by atoms with Crippen molar-refractivity contribution in [1.82, 2.24) is 4.98 Å². The molecule has 0 saturated carbocycles. The maximum atomic E-state index is 14.6. The van der Waals surface area contributed by atoms with Gasteiger partial charge < -0.3 is 21.5 Å². The fraction of sp³-hybridized carbons (Fsp3) is 0.333. The molecule has 0 bridgehead atoms. The lowest BCUT2D eigenvalue weighted by Gasteiger charge is -2.40. The third kappa shape index (κ3) is 5.04. The van der Waals surface area contributed by atoms with Crippen molar-refractivity contribution in [1.29, 1.82) is 5.26 Å². The van der Waals surface area contributed by atoms with Gasteiger partial charge >= 0.3 is 6.18 Å². The molecule has 0 aliphatic carbocycles. The number of amides is 1. The molecule has 2 rings (SSSR count). The van der Waals surface area contributed by atoms with Gasteiger partial charge in [-0.25, -0.2) is 9.37 Å². The highest BCUT2D eigenvalue weighted by Crippen LogP contribution is 2.41.